The highest BCUT2D eigenvalue weighted by Crippen LogP contribution is 2.16. The molecule has 0 unspecified atom stereocenters. The Labute approximate surface area is 104 Å². The van der Waals surface area contributed by atoms with E-state index in [4.69, 9.17) is 5.73 Å². The number of rotatable bonds is 4. The average molecular weight is 254 g/mol. The normalized spacial score (nSPS) is 11.8. The van der Waals surface area contributed by atoms with Crippen LogP contribution in [0.4, 0.5) is 10.1 Å². The van der Waals surface area contributed by atoms with Crippen molar-refractivity contribution in [3.05, 3.63) is 29.6 Å². The molecule has 0 fully saturated rings. The number of carbonyl (C=O) groups is 2. The van der Waals surface area contributed by atoms with Gasteiger partial charge >= 0.3 is 5.97 Å². The van der Waals surface area contributed by atoms with E-state index in [1.807, 2.05) is 0 Å². The van der Waals surface area contributed by atoms with Gasteiger partial charge in [-0.3, -0.25) is 9.59 Å². The van der Waals surface area contributed by atoms with E-state index >= 15 is 0 Å². The Morgan fingerprint density at radius 2 is 2.17 bits per heavy atom. The van der Waals surface area contributed by atoms with E-state index in [0.717, 1.165) is 0 Å². The van der Waals surface area contributed by atoms with Gasteiger partial charge in [0.1, 0.15) is 11.9 Å². The lowest BCUT2D eigenvalue weighted by Gasteiger charge is -2.10. The topological polar surface area (TPSA) is 81.4 Å². The van der Waals surface area contributed by atoms with Gasteiger partial charge in [0, 0.05) is 6.92 Å². The Balaban J connectivity index is 2.78. The number of benzene rings is 1. The molecule has 0 aliphatic heterocycles. The third-order valence-corrected chi connectivity index (χ3v) is 2.30. The predicted molar refractivity (Wildman–Crippen MR) is 64.4 cm³/mol. The van der Waals surface area contributed by atoms with Crippen molar-refractivity contribution in [1.29, 1.82) is 0 Å². The van der Waals surface area contributed by atoms with Crippen molar-refractivity contribution < 1.29 is 18.7 Å². The van der Waals surface area contributed by atoms with Crippen LogP contribution in [-0.4, -0.2) is 25.0 Å². The molecular formula is C12H15FN2O3. The second kappa shape index (κ2) is 6.11. The van der Waals surface area contributed by atoms with Gasteiger partial charge < -0.3 is 15.8 Å². The first-order valence-electron chi connectivity index (χ1n) is 5.33. The highest BCUT2D eigenvalue weighted by Gasteiger charge is 2.15. The monoisotopic (exact) mass is 254 g/mol. The molecule has 0 aliphatic rings. The van der Waals surface area contributed by atoms with Crippen LogP contribution in [0.15, 0.2) is 18.2 Å². The number of hydrogen-bond donors (Lipinski definition) is 2. The minimum atomic E-state index is -0.832. The average Bonchev–Trinajstić information content (AvgIpc) is 2.31. The van der Waals surface area contributed by atoms with Crippen molar-refractivity contribution >= 4 is 17.6 Å². The van der Waals surface area contributed by atoms with Crippen LogP contribution in [0.3, 0.4) is 0 Å². The molecular weight excluding hydrogens is 239 g/mol. The summed E-state index contributed by atoms with van der Waals surface area (Å²) >= 11 is 0. The van der Waals surface area contributed by atoms with E-state index in [1.54, 1.807) is 6.07 Å². The second-order valence-corrected chi connectivity index (χ2v) is 3.83. The fraction of sp³-hybridized carbons (Fsp3) is 0.333. The highest BCUT2D eigenvalue weighted by molar-refractivity contribution is 5.88. The highest BCUT2D eigenvalue weighted by atomic mass is 19.1. The maximum atomic E-state index is 13.6. The number of nitrogens with one attached hydrogen (secondary N) is 1. The first-order valence-corrected chi connectivity index (χ1v) is 5.33. The van der Waals surface area contributed by atoms with Crippen molar-refractivity contribution in [3.63, 3.8) is 0 Å². The van der Waals surface area contributed by atoms with Crippen molar-refractivity contribution in [3.8, 4) is 0 Å². The number of amides is 1. The summed E-state index contributed by atoms with van der Waals surface area (Å²) in [5.74, 6) is -1.48. The molecule has 1 amide bonds. The molecule has 1 aromatic carbocycles. The van der Waals surface area contributed by atoms with Gasteiger partial charge in [-0.25, -0.2) is 4.39 Å². The molecule has 3 N–H and O–H groups in total. The van der Waals surface area contributed by atoms with Crippen LogP contribution < -0.4 is 11.1 Å². The number of hydrogen-bond acceptors (Lipinski definition) is 4. The second-order valence-electron chi connectivity index (χ2n) is 3.83. The van der Waals surface area contributed by atoms with Gasteiger partial charge in [0.15, 0.2) is 0 Å². The Morgan fingerprint density at radius 1 is 1.50 bits per heavy atom. The Morgan fingerprint density at radius 3 is 2.67 bits per heavy atom. The lowest BCUT2D eigenvalue weighted by atomic mass is 10.1. The zero-order chi connectivity index (χ0) is 13.7. The first-order chi connectivity index (χ1) is 8.43. The molecule has 0 saturated heterocycles. The zero-order valence-corrected chi connectivity index (χ0v) is 10.2. The van der Waals surface area contributed by atoms with Crippen LogP contribution in [0.5, 0.6) is 0 Å². The smallest absolute Gasteiger partial charge is 0.322 e. The number of anilines is 1. The number of ether oxygens (including phenoxy) is 1. The summed E-state index contributed by atoms with van der Waals surface area (Å²) in [6.07, 6.45) is 0.171. The fourth-order valence-corrected chi connectivity index (χ4v) is 1.47. The van der Waals surface area contributed by atoms with E-state index in [9.17, 15) is 14.0 Å². The molecule has 0 heterocycles. The molecule has 0 saturated carbocycles. The van der Waals surface area contributed by atoms with Crippen LogP contribution in [0, 0.1) is 5.82 Å². The Bertz CT molecular complexity index is 463. The number of esters is 1. The molecule has 1 atom stereocenters. The third kappa shape index (κ3) is 3.81. The zero-order valence-electron chi connectivity index (χ0n) is 10.2. The molecule has 1 aromatic rings. The largest absolute Gasteiger partial charge is 0.468 e. The lowest BCUT2D eigenvalue weighted by molar-refractivity contribution is -0.142. The number of methoxy groups -OCH3 is 1. The van der Waals surface area contributed by atoms with Crippen LogP contribution >= 0.6 is 0 Å². The number of halogens is 1. The van der Waals surface area contributed by atoms with E-state index < -0.39 is 17.8 Å². The van der Waals surface area contributed by atoms with E-state index in [-0.39, 0.29) is 18.0 Å². The summed E-state index contributed by atoms with van der Waals surface area (Å²) < 4.78 is 18.0. The minimum Gasteiger partial charge on any atom is -0.468 e. The fourth-order valence-electron chi connectivity index (χ4n) is 1.47. The number of carbonyl (C=O) groups excluding carboxylic acids is 2. The molecule has 5 nitrogen and oxygen atoms in total. The van der Waals surface area contributed by atoms with Crippen molar-refractivity contribution in [2.45, 2.75) is 19.4 Å². The molecule has 18 heavy (non-hydrogen) atoms. The van der Waals surface area contributed by atoms with E-state index in [0.29, 0.717) is 5.56 Å². The van der Waals surface area contributed by atoms with Gasteiger partial charge in [0.25, 0.3) is 0 Å². The predicted octanol–water partition coefficient (Wildman–Crippen LogP) is 0.827. The Kier molecular flexibility index (Phi) is 4.79. The van der Waals surface area contributed by atoms with Crippen LogP contribution in [0.1, 0.15) is 12.5 Å². The van der Waals surface area contributed by atoms with Crippen LogP contribution in [0.2, 0.25) is 0 Å². The van der Waals surface area contributed by atoms with Gasteiger partial charge in [-0.15, -0.1) is 0 Å². The lowest BCUT2D eigenvalue weighted by Crippen LogP contribution is -2.33. The molecule has 0 aliphatic carbocycles. The molecule has 6 heteroatoms. The summed E-state index contributed by atoms with van der Waals surface area (Å²) in [7, 11) is 1.24. The van der Waals surface area contributed by atoms with Gasteiger partial charge in [-0.2, -0.15) is 0 Å². The van der Waals surface area contributed by atoms with Crippen LogP contribution in [-0.2, 0) is 20.7 Å². The maximum absolute atomic E-state index is 13.6. The Hall–Kier alpha value is -1.95. The summed E-state index contributed by atoms with van der Waals surface area (Å²) in [4.78, 5) is 21.9. The maximum Gasteiger partial charge on any atom is 0.322 e. The van der Waals surface area contributed by atoms with Gasteiger partial charge in [-0.05, 0) is 24.1 Å². The molecule has 0 spiro atoms. The quantitative estimate of drug-likeness (QED) is 0.780. The summed E-state index contributed by atoms with van der Waals surface area (Å²) in [6.45, 7) is 1.29. The summed E-state index contributed by atoms with van der Waals surface area (Å²) in [5.41, 5.74) is 6.21. The van der Waals surface area contributed by atoms with E-state index in [1.165, 1.54) is 26.2 Å². The summed E-state index contributed by atoms with van der Waals surface area (Å²) in [6, 6.07) is 3.42. The third-order valence-electron chi connectivity index (χ3n) is 2.30. The summed E-state index contributed by atoms with van der Waals surface area (Å²) in [5, 5.41) is 2.35. The SMILES string of the molecule is COC(=O)[C@@H](N)Cc1ccc(NC(C)=O)c(F)c1. The van der Waals surface area contributed by atoms with Crippen molar-refractivity contribution in [2.24, 2.45) is 5.73 Å². The van der Waals surface area contributed by atoms with Crippen molar-refractivity contribution in [2.75, 3.05) is 12.4 Å². The standard InChI is InChI=1S/C12H15FN2O3/c1-7(16)15-11-4-3-8(5-9(11)13)6-10(14)12(17)18-2/h3-5,10H,6,14H2,1-2H3,(H,15,16)/t10-/m0/s1. The molecule has 0 bridgehead atoms. The molecule has 98 valence electrons. The van der Waals surface area contributed by atoms with E-state index in [2.05, 4.69) is 10.1 Å². The van der Waals surface area contributed by atoms with Crippen LogP contribution in [0.25, 0.3) is 0 Å². The first kappa shape index (κ1) is 14.1. The molecule has 0 radical (unpaired) electrons. The number of nitrogens with two attached hydrogens (primary N) is 1. The molecule has 0 aromatic heterocycles. The van der Waals surface area contributed by atoms with Gasteiger partial charge in [-0.1, -0.05) is 6.07 Å². The van der Waals surface area contributed by atoms with Gasteiger partial charge in [0.2, 0.25) is 5.91 Å². The molecule has 1 rings (SSSR count). The minimum absolute atomic E-state index is 0.0953. The van der Waals surface area contributed by atoms with Crippen molar-refractivity contribution in [1.82, 2.24) is 0 Å². The van der Waals surface area contributed by atoms with Gasteiger partial charge in [0.05, 0.1) is 12.8 Å².